The first-order valence-corrected chi connectivity index (χ1v) is 10.9. The van der Waals surface area contributed by atoms with Crippen LogP contribution in [0.3, 0.4) is 0 Å². The Morgan fingerprint density at radius 2 is 1.66 bits per heavy atom. The molecule has 2 saturated heterocycles. The normalized spacial score (nSPS) is 19.1. The van der Waals surface area contributed by atoms with E-state index in [1.165, 1.54) is 26.0 Å². The second-order valence-corrected chi connectivity index (χ2v) is 7.84. The number of ether oxygens (including phenoxy) is 1. The Bertz CT molecular complexity index is 1010. The van der Waals surface area contributed by atoms with Crippen LogP contribution in [0.15, 0.2) is 52.5 Å². The Labute approximate surface area is 187 Å². The Morgan fingerprint density at radius 3 is 2.34 bits per heavy atom. The lowest BCUT2D eigenvalue weighted by Crippen LogP contribution is -2.57. The van der Waals surface area contributed by atoms with E-state index in [1.54, 1.807) is 36.4 Å². The number of hydrogen-bond acceptors (Lipinski definition) is 6. The molecule has 2 aliphatic rings. The number of carbonyl (C=O) groups is 3. The van der Waals surface area contributed by atoms with Gasteiger partial charge in [0.05, 0.1) is 18.8 Å². The summed E-state index contributed by atoms with van der Waals surface area (Å²) in [6.45, 7) is 2.05. The van der Waals surface area contributed by atoms with Gasteiger partial charge >= 0.3 is 6.03 Å². The SMILES string of the molecule is COCCN1C(=O)C(=Cc2ccc(N3CCCCCC3)o2)C(=O)N(c2ccccc2)C1=O. The molecule has 0 unspecified atom stereocenters. The number of furan rings is 1. The van der Waals surface area contributed by atoms with Crippen molar-refractivity contribution in [3.8, 4) is 0 Å². The van der Waals surface area contributed by atoms with Crippen LogP contribution in [0.2, 0.25) is 0 Å². The second-order valence-electron chi connectivity index (χ2n) is 7.84. The Morgan fingerprint density at radius 1 is 0.938 bits per heavy atom. The minimum atomic E-state index is -0.690. The lowest BCUT2D eigenvalue weighted by molar-refractivity contribution is -0.129. The van der Waals surface area contributed by atoms with Gasteiger partial charge < -0.3 is 14.1 Å². The van der Waals surface area contributed by atoms with Gasteiger partial charge in [0.15, 0.2) is 5.88 Å². The summed E-state index contributed by atoms with van der Waals surface area (Å²) >= 11 is 0. The van der Waals surface area contributed by atoms with Crippen LogP contribution in [-0.4, -0.2) is 56.1 Å². The van der Waals surface area contributed by atoms with Crippen molar-refractivity contribution >= 4 is 35.5 Å². The third kappa shape index (κ3) is 4.45. The molecule has 4 amide bonds. The third-order valence-corrected chi connectivity index (χ3v) is 5.68. The zero-order valence-corrected chi connectivity index (χ0v) is 18.2. The number of anilines is 2. The Hall–Kier alpha value is -3.39. The molecular formula is C24H27N3O5. The molecule has 0 radical (unpaired) electrons. The molecule has 2 aliphatic heterocycles. The van der Waals surface area contributed by atoms with Crippen molar-refractivity contribution in [1.29, 1.82) is 0 Å². The summed E-state index contributed by atoms with van der Waals surface area (Å²) in [6, 6.07) is 11.5. The van der Waals surface area contributed by atoms with Gasteiger partial charge in [-0.05, 0) is 37.1 Å². The van der Waals surface area contributed by atoms with Crippen molar-refractivity contribution in [3.63, 3.8) is 0 Å². The summed E-state index contributed by atoms with van der Waals surface area (Å²) in [7, 11) is 1.49. The fourth-order valence-electron chi connectivity index (χ4n) is 3.98. The molecule has 32 heavy (non-hydrogen) atoms. The molecule has 0 saturated carbocycles. The molecule has 0 aliphatic carbocycles. The molecular weight excluding hydrogens is 410 g/mol. The van der Waals surface area contributed by atoms with E-state index in [1.807, 2.05) is 6.07 Å². The summed E-state index contributed by atoms with van der Waals surface area (Å²) in [6.07, 6.45) is 6.05. The Balaban J connectivity index is 1.66. The lowest BCUT2D eigenvalue weighted by atomic mass is 10.1. The van der Waals surface area contributed by atoms with Gasteiger partial charge in [-0.15, -0.1) is 0 Å². The summed E-state index contributed by atoms with van der Waals surface area (Å²) in [4.78, 5) is 43.5. The number of carbonyl (C=O) groups excluding carboxylic acids is 3. The number of rotatable bonds is 6. The van der Waals surface area contributed by atoms with E-state index in [2.05, 4.69) is 4.90 Å². The van der Waals surface area contributed by atoms with Crippen LogP contribution in [0.1, 0.15) is 31.4 Å². The van der Waals surface area contributed by atoms with Crippen molar-refractivity contribution in [3.05, 3.63) is 53.8 Å². The number of imide groups is 2. The smallest absolute Gasteiger partial charge is 0.338 e. The van der Waals surface area contributed by atoms with Crippen LogP contribution < -0.4 is 9.80 Å². The maximum atomic E-state index is 13.2. The number of hydrogen-bond donors (Lipinski definition) is 0. The first-order chi connectivity index (χ1) is 15.6. The van der Waals surface area contributed by atoms with Gasteiger partial charge in [0.2, 0.25) is 0 Å². The van der Waals surface area contributed by atoms with Crippen molar-refractivity contribution < 1.29 is 23.5 Å². The molecule has 0 bridgehead atoms. The zero-order valence-electron chi connectivity index (χ0n) is 18.2. The van der Waals surface area contributed by atoms with Crippen LogP contribution in [0, 0.1) is 0 Å². The van der Waals surface area contributed by atoms with Gasteiger partial charge in [-0.1, -0.05) is 31.0 Å². The van der Waals surface area contributed by atoms with Crippen LogP contribution >= 0.6 is 0 Å². The minimum absolute atomic E-state index is 0.0410. The maximum absolute atomic E-state index is 13.2. The molecule has 2 aromatic rings. The number of nitrogens with zero attached hydrogens (tertiary/aromatic N) is 3. The molecule has 1 aromatic heterocycles. The number of benzene rings is 1. The number of barbiturate groups is 1. The van der Waals surface area contributed by atoms with E-state index in [4.69, 9.17) is 9.15 Å². The van der Waals surface area contributed by atoms with E-state index < -0.39 is 17.8 Å². The highest BCUT2D eigenvalue weighted by molar-refractivity contribution is 6.39. The molecule has 0 spiro atoms. The average molecular weight is 437 g/mol. The number of methoxy groups -OCH3 is 1. The monoisotopic (exact) mass is 437 g/mol. The predicted octanol–water partition coefficient (Wildman–Crippen LogP) is 3.69. The van der Waals surface area contributed by atoms with Gasteiger partial charge in [0, 0.05) is 26.3 Å². The number of urea groups is 1. The van der Waals surface area contributed by atoms with Gasteiger partial charge in [-0.3, -0.25) is 14.5 Å². The number of amides is 4. The molecule has 168 valence electrons. The lowest BCUT2D eigenvalue weighted by Gasteiger charge is -2.33. The summed E-state index contributed by atoms with van der Waals surface area (Å²) < 4.78 is 11.0. The first kappa shape index (κ1) is 21.8. The first-order valence-electron chi connectivity index (χ1n) is 10.9. The van der Waals surface area contributed by atoms with E-state index in [0.717, 1.165) is 41.6 Å². The molecule has 1 aromatic carbocycles. The van der Waals surface area contributed by atoms with E-state index in [9.17, 15) is 14.4 Å². The molecule has 0 N–H and O–H groups in total. The standard InChI is InChI=1S/C24H27N3O5/c1-31-16-15-26-22(28)20(23(29)27(24(26)30)18-9-5-4-6-10-18)17-19-11-12-21(32-19)25-13-7-2-3-8-14-25/h4-6,9-12,17H,2-3,7-8,13-16H2,1H3. The van der Waals surface area contributed by atoms with Crippen LogP contribution in [0.25, 0.3) is 6.08 Å². The summed E-state index contributed by atoms with van der Waals surface area (Å²) in [5, 5.41) is 0. The zero-order chi connectivity index (χ0) is 22.5. The minimum Gasteiger partial charge on any atom is -0.441 e. The van der Waals surface area contributed by atoms with Gasteiger partial charge in [0.1, 0.15) is 11.3 Å². The van der Waals surface area contributed by atoms with Gasteiger partial charge in [-0.2, -0.15) is 0 Å². The third-order valence-electron chi connectivity index (χ3n) is 5.68. The molecule has 8 nitrogen and oxygen atoms in total. The Kier molecular flexibility index (Phi) is 6.70. The van der Waals surface area contributed by atoms with Crippen molar-refractivity contribution in [2.75, 3.05) is 43.2 Å². The van der Waals surface area contributed by atoms with E-state index in [0.29, 0.717) is 11.4 Å². The topological polar surface area (TPSA) is 83.3 Å². The highest BCUT2D eigenvalue weighted by Gasteiger charge is 2.42. The van der Waals surface area contributed by atoms with E-state index in [-0.39, 0.29) is 18.7 Å². The van der Waals surface area contributed by atoms with Gasteiger partial charge in [-0.25, -0.2) is 9.69 Å². The van der Waals surface area contributed by atoms with Crippen LogP contribution in [0.5, 0.6) is 0 Å². The predicted molar refractivity (Wildman–Crippen MR) is 120 cm³/mol. The van der Waals surface area contributed by atoms with Gasteiger partial charge in [0.25, 0.3) is 11.8 Å². The molecule has 2 fully saturated rings. The van der Waals surface area contributed by atoms with Crippen LogP contribution in [0.4, 0.5) is 16.4 Å². The maximum Gasteiger partial charge on any atom is 0.338 e. The molecule has 0 atom stereocenters. The highest BCUT2D eigenvalue weighted by Crippen LogP contribution is 2.28. The van der Waals surface area contributed by atoms with Crippen LogP contribution in [-0.2, 0) is 14.3 Å². The molecule has 3 heterocycles. The van der Waals surface area contributed by atoms with Crippen molar-refractivity contribution in [2.24, 2.45) is 0 Å². The van der Waals surface area contributed by atoms with Crippen molar-refractivity contribution in [2.45, 2.75) is 25.7 Å². The number of para-hydroxylation sites is 1. The second kappa shape index (κ2) is 9.82. The molecule has 4 rings (SSSR count). The summed E-state index contributed by atoms with van der Waals surface area (Å²) in [5.74, 6) is -0.207. The quantitative estimate of drug-likeness (QED) is 0.506. The van der Waals surface area contributed by atoms with E-state index >= 15 is 0 Å². The highest BCUT2D eigenvalue weighted by atomic mass is 16.5. The summed E-state index contributed by atoms with van der Waals surface area (Å²) in [5.41, 5.74) is 0.273. The average Bonchev–Trinajstić information content (AvgIpc) is 3.10. The largest absolute Gasteiger partial charge is 0.441 e. The van der Waals surface area contributed by atoms with Crippen molar-refractivity contribution in [1.82, 2.24) is 4.90 Å². The fraction of sp³-hybridized carbons (Fsp3) is 0.375. The molecule has 8 heteroatoms. The fourth-order valence-corrected chi connectivity index (χ4v) is 3.98.